The second-order valence-electron chi connectivity index (χ2n) is 12.5. The van der Waals surface area contributed by atoms with Gasteiger partial charge in [0.2, 0.25) is 0 Å². The summed E-state index contributed by atoms with van der Waals surface area (Å²) in [5, 5.41) is 9.85. The van der Waals surface area contributed by atoms with Crippen LogP contribution >= 0.6 is 0 Å². The molecule has 10 aromatic rings. The average molecular weight is 610 g/mol. The molecule has 3 heteroatoms. The zero-order valence-corrected chi connectivity index (χ0v) is 25.9. The van der Waals surface area contributed by atoms with E-state index in [4.69, 9.17) is 0 Å². The first-order valence-electron chi connectivity index (χ1n) is 16.2. The Bertz CT molecular complexity index is 2740. The summed E-state index contributed by atoms with van der Waals surface area (Å²) in [6.07, 6.45) is 7.51. The van der Waals surface area contributed by atoms with E-state index in [2.05, 4.69) is 136 Å². The molecule has 0 aliphatic heterocycles. The van der Waals surface area contributed by atoms with Crippen LogP contribution < -0.4 is 0 Å². The molecule has 3 aromatic heterocycles. The van der Waals surface area contributed by atoms with Gasteiger partial charge in [-0.2, -0.15) is 0 Å². The first kappa shape index (κ1) is 26.7. The molecule has 0 radical (unpaired) electrons. The van der Waals surface area contributed by atoms with E-state index in [0.717, 1.165) is 49.6 Å². The van der Waals surface area contributed by atoms with Crippen LogP contribution in [0.2, 0.25) is 0 Å². The Hall–Kier alpha value is -6.45. The number of nitrogens with zero attached hydrogens (tertiary/aromatic N) is 3. The largest absolute Gasteiger partial charge is 0.264 e. The maximum absolute atomic E-state index is 4.67. The van der Waals surface area contributed by atoms with Crippen LogP contribution in [0.5, 0.6) is 0 Å². The van der Waals surface area contributed by atoms with Crippen LogP contribution in [0.1, 0.15) is 0 Å². The summed E-state index contributed by atoms with van der Waals surface area (Å²) in [5.74, 6) is 0. The van der Waals surface area contributed by atoms with E-state index in [-0.39, 0.29) is 0 Å². The van der Waals surface area contributed by atoms with Crippen molar-refractivity contribution in [2.24, 2.45) is 0 Å². The van der Waals surface area contributed by atoms with Gasteiger partial charge in [0.05, 0.1) is 11.0 Å². The monoisotopic (exact) mass is 609 g/mol. The quantitative estimate of drug-likeness (QED) is 0.186. The Balaban J connectivity index is 1.23. The topological polar surface area (TPSA) is 38.7 Å². The van der Waals surface area contributed by atoms with Gasteiger partial charge in [-0.25, -0.2) is 0 Å². The summed E-state index contributed by atoms with van der Waals surface area (Å²) in [7, 11) is 0. The lowest BCUT2D eigenvalue weighted by atomic mass is 9.86. The lowest BCUT2D eigenvalue weighted by molar-refractivity contribution is 1.33. The van der Waals surface area contributed by atoms with Crippen molar-refractivity contribution >= 4 is 54.1 Å². The van der Waals surface area contributed by atoms with Crippen LogP contribution in [0.15, 0.2) is 164 Å². The lowest BCUT2D eigenvalue weighted by Crippen LogP contribution is -1.91. The van der Waals surface area contributed by atoms with Crippen molar-refractivity contribution < 1.29 is 0 Å². The summed E-state index contributed by atoms with van der Waals surface area (Å²) in [6, 6.07) is 50.6. The van der Waals surface area contributed by atoms with E-state index >= 15 is 0 Å². The van der Waals surface area contributed by atoms with E-state index in [1.165, 1.54) is 49.0 Å². The maximum atomic E-state index is 4.67. The molecule has 10 rings (SSSR count). The summed E-state index contributed by atoms with van der Waals surface area (Å²) in [6.45, 7) is 0. The van der Waals surface area contributed by atoms with Crippen LogP contribution in [0.3, 0.4) is 0 Å². The Labute approximate surface area is 277 Å². The number of aromatic nitrogens is 3. The SMILES string of the molecule is c1cncc(-c2ccc3ccc4c(-c5cc(-c6ccc7cccnc7c6)cc(-c6ccc7cccnc7c6)c5)ccc5ccc2c3c54)c1. The van der Waals surface area contributed by atoms with Crippen molar-refractivity contribution in [2.75, 3.05) is 0 Å². The van der Waals surface area contributed by atoms with E-state index in [0.29, 0.717) is 0 Å². The Morgan fingerprint density at radius 3 is 1.40 bits per heavy atom. The predicted molar refractivity (Wildman–Crippen MR) is 200 cm³/mol. The third-order valence-corrected chi connectivity index (χ3v) is 9.76. The Morgan fingerprint density at radius 1 is 0.333 bits per heavy atom. The number of rotatable bonds is 4. The van der Waals surface area contributed by atoms with Gasteiger partial charge in [-0.1, -0.05) is 91.0 Å². The second-order valence-corrected chi connectivity index (χ2v) is 12.5. The highest BCUT2D eigenvalue weighted by atomic mass is 14.6. The minimum absolute atomic E-state index is 0.990. The first-order chi connectivity index (χ1) is 23.8. The molecular formula is C45H27N3. The van der Waals surface area contributed by atoms with Gasteiger partial charge in [-0.15, -0.1) is 0 Å². The van der Waals surface area contributed by atoms with Crippen LogP contribution in [0.4, 0.5) is 0 Å². The highest BCUT2D eigenvalue weighted by molar-refractivity contribution is 6.27. The van der Waals surface area contributed by atoms with Gasteiger partial charge >= 0.3 is 0 Å². The third-order valence-electron chi connectivity index (χ3n) is 9.76. The summed E-state index contributed by atoms with van der Waals surface area (Å²) >= 11 is 0. The number of pyridine rings is 3. The molecule has 0 saturated carbocycles. The second kappa shape index (κ2) is 10.5. The zero-order valence-electron chi connectivity index (χ0n) is 25.9. The summed E-state index contributed by atoms with van der Waals surface area (Å²) in [4.78, 5) is 13.8. The van der Waals surface area contributed by atoms with Crippen molar-refractivity contribution in [1.29, 1.82) is 0 Å². The zero-order chi connectivity index (χ0) is 31.6. The first-order valence-corrected chi connectivity index (χ1v) is 16.2. The maximum Gasteiger partial charge on any atom is 0.0708 e. The van der Waals surface area contributed by atoms with Gasteiger partial charge in [0.1, 0.15) is 0 Å². The highest BCUT2D eigenvalue weighted by Gasteiger charge is 2.16. The van der Waals surface area contributed by atoms with Crippen molar-refractivity contribution in [1.82, 2.24) is 15.0 Å². The van der Waals surface area contributed by atoms with Gasteiger partial charge < -0.3 is 0 Å². The third kappa shape index (κ3) is 4.25. The van der Waals surface area contributed by atoms with E-state index in [1.54, 1.807) is 0 Å². The van der Waals surface area contributed by atoms with Gasteiger partial charge in [0.15, 0.2) is 0 Å². The number of fused-ring (bicyclic) bond motifs is 2. The number of hydrogen-bond acceptors (Lipinski definition) is 3. The highest BCUT2D eigenvalue weighted by Crippen LogP contribution is 2.43. The molecule has 0 aliphatic carbocycles. The molecule has 222 valence electrons. The predicted octanol–water partition coefficient (Wildman–Crippen LogP) is 11.7. The molecule has 3 nitrogen and oxygen atoms in total. The fraction of sp³-hybridized carbons (Fsp3) is 0. The molecule has 0 atom stereocenters. The Morgan fingerprint density at radius 2 is 0.833 bits per heavy atom. The fourth-order valence-electron chi connectivity index (χ4n) is 7.44. The fourth-order valence-corrected chi connectivity index (χ4v) is 7.44. The number of benzene rings is 7. The minimum Gasteiger partial charge on any atom is -0.264 e. The van der Waals surface area contributed by atoms with Gasteiger partial charge in [0, 0.05) is 41.1 Å². The van der Waals surface area contributed by atoms with Gasteiger partial charge in [-0.3, -0.25) is 15.0 Å². The number of hydrogen-bond donors (Lipinski definition) is 0. The minimum atomic E-state index is 0.990. The summed E-state index contributed by atoms with van der Waals surface area (Å²) < 4.78 is 0. The molecule has 0 amide bonds. The van der Waals surface area contributed by atoms with Gasteiger partial charge in [-0.05, 0) is 120 Å². The molecule has 0 N–H and O–H groups in total. The molecule has 0 spiro atoms. The van der Waals surface area contributed by atoms with Crippen LogP contribution in [-0.4, -0.2) is 15.0 Å². The molecule has 0 aliphatic rings. The standard InChI is InChI=1S/C45H27N3/c1-6-34(27-46-19-1)38-15-11-30-14-18-41-39(16-12-31-13-17-40(38)44(30)45(31)41)37-23-35(32-9-7-28-4-2-20-47-42(28)25-32)22-36(24-37)33-10-8-29-5-3-21-48-43(29)26-33/h1-27H. The molecule has 48 heavy (non-hydrogen) atoms. The van der Waals surface area contributed by atoms with Crippen LogP contribution in [0.25, 0.3) is 98.6 Å². The van der Waals surface area contributed by atoms with Crippen molar-refractivity contribution in [3.05, 3.63) is 164 Å². The van der Waals surface area contributed by atoms with Crippen LogP contribution in [0, 0.1) is 0 Å². The smallest absolute Gasteiger partial charge is 0.0708 e. The van der Waals surface area contributed by atoms with Crippen molar-refractivity contribution in [2.45, 2.75) is 0 Å². The van der Waals surface area contributed by atoms with Gasteiger partial charge in [0.25, 0.3) is 0 Å². The van der Waals surface area contributed by atoms with Crippen LogP contribution in [-0.2, 0) is 0 Å². The molecule has 0 unspecified atom stereocenters. The Kier molecular flexibility index (Phi) is 5.87. The van der Waals surface area contributed by atoms with E-state index in [1.807, 2.05) is 43.0 Å². The molecular weight excluding hydrogens is 583 g/mol. The average Bonchev–Trinajstić information content (AvgIpc) is 3.16. The molecule has 0 saturated heterocycles. The van der Waals surface area contributed by atoms with Crippen molar-refractivity contribution in [3.8, 4) is 44.5 Å². The van der Waals surface area contributed by atoms with E-state index < -0.39 is 0 Å². The van der Waals surface area contributed by atoms with Crippen molar-refractivity contribution in [3.63, 3.8) is 0 Å². The molecule has 0 fully saturated rings. The van der Waals surface area contributed by atoms with E-state index in [9.17, 15) is 0 Å². The summed E-state index contributed by atoms with van der Waals surface area (Å²) in [5.41, 5.74) is 11.3. The normalized spacial score (nSPS) is 11.8. The molecule has 7 aromatic carbocycles. The molecule has 3 heterocycles. The lowest BCUT2D eigenvalue weighted by Gasteiger charge is -2.17. The molecule has 0 bridgehead atoms.